The van der Waals surface area contributed by atoms with Crippen molar-refractivity contribution in [2.24, 2.45) is 0 Å². The zero-order chi connectivity index (χ0) is 18.0. The number of hydrogen-bond donors (Lipinski definition) is 1. The molecule has 0 saturated carbocycles. The van der Waals surface area contributed by atoms with E-state index in [1.807, 2.05) is 39.0 Å². The van der Waals surface area contributed by atoms with Crippen molar-refractivity contribution in [1.29, 1.82) is 0 Å². The Bertz CT molecular complexity index is 753. The number of rotatable bonds is 2. The van der Waals surface area contributed by atoms with Crippen LogP contribution in [-0.2, 0) is 4.74 Å². The summed E-state index contributed by atoms with van der Waals surface area (Å²) in [6.07, 6.45) is 4.81. The Morgan fingerprint density at radius 1 is 1.12 bits per heavy atom. The number of para-hydroxylation sites is 1. The Morgan fingerprint density at radius 2 is 1.80 bits per heavy atom. The number of aromatic nitrogens is 1. The van der Waals surface area contributed by atoms with Crippen LogP contribution in [0.5, 0.6) is 5.75 Å². The van der Waals surface area contributed by atoms with Gasteiger partial charge in [0.2, 0.25) is 0 Å². The Hall–Kier alpha value is -2.43. The van der Waals surface area contributed by atoms with E-state index >= 15 is 0 Å². The fourth-order valence-electron chi connectivity index (χ4n) is 3.14. The number of carbonyl (C=O) groups is 1. The number of piperidine rings is 1. The molecule has 134 valence electrons. The van der Waals surface area contributed by atoms with Gasteiger partial charge >= 0.3 is 6.09 Å². The average molecular weight is 342 g/mol. The second-order valence-electron chi connectivity index (χ2n) is 7.50. The number of phenols is 1. The molecule has 0 aliphatic carbocycles. The molecule has 0 amide bonds. The Kier molecular flexibility index (Phi) is 4.75. The van der Waals surface area contributed by atoms with Gasteiger partial charge in [0.15, 0.2) is 0 Å². The number of hydrogen-bond acceptors (Lipinski definition) is 4. The molecule has 2 heterocycles. The molecule has 1 N–H and O–H groups in total. The van der Waals surface area contributed by atoms with Crippen LogP contribution in [0.15, 0.2) is 36.5 Å². The smallest absolute Gasteiger partial charge is 0.420 e. The summed E-state index contributed by atoms with van der Waals surface area (Å²) in [5.74, 6) is 1.03. The van der Waals surface area contributed by atoms with Crippen molar-refractivity contribution in [3.8, 4) is 16.9 Å². The Labute approximate surface area is 148 Å². The van der Waals surface area contributed by atoms with Crippen LogP contribution in [-0.4, -0.2) is 34.5 Å². The number of benzene rings is 1. The number of carbonyl (C=O) groups excluding carboxylic acids is 1. The number of anilines is 1. The summed E-state index contributed by atoms with van der Waals surface area (Å²) in [5, 5.41) is 10.2. The first-order valence-electron chi connectivity index (χ1n) is 8.84. The number of phenolic OH excluding ortho intramolecular Hbond substituents is 1. The van der Waals surface area contributed by atoms with Gasteiger partial charge in [0, 0.05) is 30.4 Å². The van der Waals surface area contributed by atoms with Crippen molar-refractivity contribution in [3.05, 3.63) is 36.5 Å². The van der Waals surface area contributed by atoms with Crippen LogP contribution in [0.25, 0.3) is 11.1 Å². The topological polar surface area (TPSA) is 54.7 Å². The van der Waals surface area contributed by atoms with Crippen LogP contribution in [0.2, 0.25) is 0 Å². The second kappa shape index (κ2) is 6.82. The van der Waals surface area contributed by atoms with Gasteiger partial charge in [0.25, 0.3) is 0 Å². The molecule has 1 aliphatic heterocycles. The van der Waals surface area contributed by atoms with Crippen LogP contribution in [0.1, 0.15) is 40.0 Å². The van der Waals surface area contributed by atoms with Crippen LogP contribution in [0, 0.1) is 0 Å². The molecule has 1 aromatic carbocycles. The van der Waals surface area contributed by atoms with Crippen molar-refractivity contribution >= 4 is 11.9 Å². The molecule has 0 spiro atoms. The fourth-order valence-corrected chi connectivity index (χ4v) is 3.14. The molecule has 5 heteroatoms. The predicted octanol–water partition coefficient (Wildman–Crippen LogP) is 4.63. The van der Waals surface area contributed by atoms with E-state index in [0.29, 0.717) is 5.56 Å². The highest BCUT2D eigenvalue weighted by Crippen LogP contribution is 2.34. The fraction of sp³-hybridized carbons (Fsp3) is 0.450. The molecular weight excluding hydrogens is 316 g/mol. The van der Waals surface area contributed by atoms with E-state index in [1.165, 1.54) is 6.42 Å². The number of aromatic hydroxyl groups is 1. The maximum absolute atomic E-state index is 12.7. The maximum Gasteiger partial charge on any atom is 0.420 e. The minimum Gasteiger partial charge on any atom is -0.507 e. The monoisotopic (exact) mass is 342 g/mol. The number of ether oxygens (including phenoxy) is 1. The lowest BCUT2D eigenvalue weighted by atomic mass is 10.1. The largest absolute Gasteiger partial charge is 0.507 e. The highest BCUT2D eigenvalue weighted by atomic mass is 16.6. The molecule has 0 atom stereocenters. The van der Waals surface area contributed by atoms with Gasteiger partial charge in [-0.25, -0.2) is 9.36 Å². The minimum atomic E-state index is -0.560. The third-order valence-corrected chi connectivity index (χ3v) is 4.28. The van der Waals surface area contributed by atoms with E-state index in [2.05, 4.69) is 4.90 Å². The molecule has 1 aliphatic rings. The zero-order valence-corrected chi connectivity index (χ0v) is 15.2. The standard InChI is InChI=1S/C20H26N2O3/c1-20(2,3)25-19(24)22-14-15(16-9-5-6-10-17(16)23)13-18(22)21-11-7-4-8-12-21/h5-6,9-10,13-14,23H,4,7-8,11-12H2,1-3H3. The van der Waals surface area contributed by atoms with Gasteiger partial charge in [-0.05, 0) is 52.2 Å². The summed E-state index contributed by atoms with van der Waals surface area (Å²) in [5.41, 5.74) is 0.961. The predicted molar refractivity (Wildman–Crippen MR) is 99.2 cm³/mol. The van der Waals surface area contributed by atoms with Gasteiger partial charge in [-0.15, -0.1) is 0 Å². The van der Waals surface area contributed by atoms with E-state index < -0.39 is 11.7 Å². The first-order valence-corrected chi connectivity index (χ1v) is 8.84. The summed E-state index contributed by atoms with van der Waals surface area (Å²) >= 11 is 0. The molecule has 0 unspecified atom stereocenters. The van der Waals surface area contributed by atoms with Gasteiger partial charge < -0.3 is 14.7 Å². The summed E-state index contributed by atoms with van der Waals surface area (Å²) in [6.45, 7) is 7.43. The summed E-state index contributed by atoms with van der Waals surface area (Å²) in [6, 6.07) is 9.13. The summed E-state index contributed by atoms with van der Waals surface area (Å²) in [7, 11) is 0. The first kappa shape index (κ1) is 17.4. The van der Waals surface area contributed by atoms with E-state index in [4.69, 9.17) is 4.74 Å². The third-order valence-electron chi connectivity index (χ3n) is 4.28. The summed E-state index contributed by atoms with van der Waals surface area (Å²) in [4.78, 5) is 14.9. The van der Waals surface area contributed by atoms with Gasteiger partial charge in [0.1, 0.15) is 17.2 Å². The molecule has 1 fully saturated rings. The second-order valence-corrected chi connectivity index (χ2v) is 7.50. The van der Waals surface area contributed by atoms with Crippen molar-refractivity contribution in [1.82, 2.24) is 4.57 Å². The van der Waals surface area contributed by atoms with Gasteiger partial charge in [0.05, 0.1) is 0 Å². The summed E-state index contributed by atoms with van der Waals surface area (Å²) < 4.78 is 7.14. The van der Waals surface area contributed by atoms with Crippen molar-refractivity contribution < 1.29 is 14.6 Å². The zero-order valence-electron chi connectivity index (χ0n) is 15.2. The molecule has 2 aromatic rings. The van der Waals surface area contributed by atoms with Crippen LogP contribution < -0.4 is 4.90 Å². The number of nitrogens with zero attached hydrogens (tertiary/aromatic N) is 2. The van der Waals surface area contributed by atoms with E-state index in [1.54, 1.807) is 22.9 Å². The highest BCUT2D eigenvalue weighted by molar-refractivity contribution is 5.82. The normalized spacial score (nSPS) is 15.2. The lowest BCUT2D eigenvalue weighted by Gasteiger charge is -2.29. The Balaban J connectivity index is 2.02. The van der Waals surface area contributed by atoms with Gasteiger partial charge in [-0.3, -0.25) is 0 Å². The molecular formula is C20H26N2O3. The van der Waals surface area contributed by atoms with E-state index in [-0.39, 0.29) is 5.75 Å². The SMILES string of the molecule is CC(C)(C)OC(=O)n1cc(-c2ccccc2O)cc1N1CCCCC1. The molecule has 25 heavy (non-hydrogen) atoms. The van der Waals surface area contributed by atoms with E-state index in [0.717, 1.165) is 37.3 Å². The van der Waals surface area contributed by atoms with Gasteiger partial charge in [-0.2, -0.15) is 0 Å². The lowest BCUT2D eigenvalue weighted by molar-refractivity contribution is 0.0539. The quantitative estimate of drug-likeness (QED) is 0.864. The van der Waals surface area contributed by atoms with Crippen LogP contribution in [0.4, 0.5) is 10.6 Å². The maximum atomic E-state index is 12.7. The molecule has 3 rings (SSSR count). The van der Waals surface area contributed by atoms with Crippen molar-refractivity contribution in [2.75, 3.05) is 18.0 Å². The molecule has 1 saturated heterocycles. The lowest BCUT2D eigenvalue weighted by Crippen LogP contribution is -2.34. The molecule has 0 radical (unpaired) electrons. The van der Waals surface area contributed by atoms with Gasteiger partial charge in [-0.1, -0.05) is 18.2 Å². The van der Waals surface area contributed by atoms with Crippen molar-refractivity contribution in [3.63, 3.8) is 0 Å². The average Bonchev–Trinajstić information content (AvgIpc) is 3.00. The molecule has 5 nitrogen and oxygen atoms in total. The Morgan fingerprint density at radius 3 is 2.44 bits per heavy atom. The van der Waals surface area contributed by atoms with Crippen LogP contribution >= 0.6 is 0 Å². The molecule has 0 bridgehead atoms. The first-order chi connectivity index (χ1) is 11.8. The molecule has 1 aromatic heterocycles. The highest BCUT2D eigenvalue weighted by Gasteiger charge is 2.24. The minimum absolute atomic E-state index is 0.203. The van der Waals surface area contributed by atoms with Crippen LogP contribution in [0.3, 0.4) is 0 Å². The van der Waals surface area contributed by atoms with Crippen molar-refractivity contribution in [2.45, 2.75) is 45.6 Å². The third kappa shape index (κ3) is 3.98. The van der Waals surface area contributed by atoms with E-state index in [9.17, 15) is 9.90 Å².